The Morgan fingerprint density at radius 2 is 1.41 bits per heavy atom. The third-order valence-electron chi connectivity index (χ3n) is 13.2. The first-order chi connectivity index (χ1) is 36.7. The van der Waals surface area contributed by atoms with Crippen LogP contribution in [-0.2, 0) is 39.1 Å². The van der Waals surface area contributed by atoms with E-state index in [0.29, 0.717) is 22.7 Å². The first kappa shape index (κ1) is 51.5. The summed E-state index contributed by atoms with van der Waals surface area (Å²) in [5.41, 5.74) is 1.18. The van der Waals surface area contributed by atoms with Gasteiger partial charge in [-0.05, 0) is 53.1 Å². The van der Waals surface area contributed by atoms with Gasteiger partial charge in [-0.25, -0.2) is 19.9 Å². The average Bonchev–Trinajstić information content (AvgIpc) is 4.26. The minimum Gasteiger partial charge on any atom is -0.497 e. The number of aliphatic hydroxyl groups excluding tert-OH is 1. The third-order valence-corrected chi connectivity index (χ3v) is 14.2. The molecule has 6 atom stereocenters. The highest BCUT2D eigenvalue weighted by Crippen LogP contribution is 2.43. The lowest BCUT2D eigenvalue weighted by molar-refractivity contribution is -0.118. The summed E-state index contributed by atoms with van der Waals surface area (Å²) < 4.78 is 70.8. The second kappa shape index (κ2) is 21.7. The van der Waals surface area contributed by atoms with Crippen molar-refractivity contribution in [2.24, 2.45) is 5.92 Å². The minimum atomic E-state index is -4.64. The van der Waals surface area contributed by atoms with Gasteiger partial charge in [-0.3, -0.25) is 38.0 Å². The van der Waals surface area contributed by atoms with Crippen molar-refractivity contribution in [3.05, 3.63) is 161 Å². The number of nitrogens with zero attached hydrogens (tertiary/aromatic N) is 7. The van der Waals surface area contributed by atoms with E-state index in [1.807, 2.05) is 78.9 Å². The van der Waals surface area contributed by atoms with Crippen molar-refractivity contribution in [2.75, 3.05) is 38.1 Å². The van der Waals surface area contributed by atoms with Gasteiger partial charge in [0.25, 0.3) is 11.5 Å². The number of H-pyrrole nitrogens is 1. The lowest BCUT2D eigenvalue weighted by Crippen LogP contribution is -2.45. The number of methoxy groups -OCH3 is 2. The Labute approximate surface area is 434 Å². The van der Waals surface area contributed by atoms with Crippen LogP contribution < -0.4 is 30.4 Å². The van der Waals surface area contributed by atoms with Crippen LogP contribution >= 0.6 is 0 Å². The molecule has 23 nitrogen and oxygen atoms in total. The monoisotopic (exact) mass is 1060 g/mol. The van der Waals surface area contributed by atoms with E-state index in [4.69, 9.17) is 27.9 Å². The second-order valence-electron chi connectivity index (χ2n) is 18.3. The van der Waals surface area contributed by atoms with Crippen molar-refractivity contribution in [3.8, 4) is 11.5 Å². The Morgan fingerprint density at radius 3 is 2.07 bits per heavy atom. The number of aromatic amines is 1. The normalized spacial score (nSPS) is 19.8. The highest BCUT2D eigenvalue weighted by Gasteiger charge is 2.45. The van der Waals surface area contributed by atoms with Crippen molar-refractivity contribution in [1.82, 2.24) is 43.8 Å². The van der Waals surface area contributed by atoms with Gasteiger partial charge in [0.15, 0.2) is 34.4 Å². The lowest BCUT2D eigenvalue weighted by atomic mass is 9.80. The Kier molecular flexibility index (Phi) is 14.7. The fourth-order valence-electron chi connectivity index (χ4n) is 9.29. The quantitative estimate of drug-likeness (QED) is 0.0667. The standard InChI is InChI=1S/C52H53N11O12S/c1-30(2)47(65)59-51-58-46-43(49(67)60-51)56-29-63(46)50-39(64)23-37(74-50)25-73-76(68,69)61-38-24-41(62-28-55-42-44(53-27-54-45(42)62)57-48(66)31-11-7-5-8-12-31)75-40(38)26-72-52(32-13-9-6-10-14-32,33-15-19-35(70-3)20-16-33)34-17-21-36(71-4)22-18-34/h5-22,27-30,37-41,50,61,64H,23-26H2,1-4H3,(H,53,54,57,66)(H2,58,59,60,65,67)/t37-,38-,39+,40+,41?,50+/m0/s1. The molecule has 2 aliphatic heterocycles. The highest BCUT2D eigenvalue weighted by molar-refractivity contribution is 7.84. The molecule has 5 N–H and O–H groups in total. The molecule has 0 saturated carbocycles. The van der Waals surface area contributed by atoms with Crippen LogP contribution in [0.4, 0.5) is 11.8 Å². The maximum atomic E-state index is 14.2. The van der Waals surface area contributed by atoms with Gasteiger partial charge in [0.2, 0.25) is 11.9 Å². The van der Waals surface area contributed by atoms with E-state index in [9.17, 15) is 27.9 Å². The van der Waals surface area contributed by atoms with Gasteiger partial charge in [-0.2, -0.15) is 18.1 Å². The molecule has 2 saturated heterocycles. The number of nitrogens with one attached hydrogen (secondary N) is 4. The number of anilines is 2. The van der Waals surface area contributed by atoms with Crippen molar-refractivity contribution in [1.29, 1.82) is 0 Å². The van der Waals surface area contributed by atoms with Gasteiger partial charge < -0.3 is 34.1 Å². The number of ether oxygens (including phenoxy) is 5. The molecule has 24 heteroatoms. The Morgan fingerprint density at radius 1 is 0.776 bits per heavy atom. The van der Waals surface area contributed by atoms with Crippen molar-refractivity contribution < 1.29 is 51.0 Å². The maximum Gasteiger partial charge on any atom is 0.336 e. The van der Waals surface area contributed by atoms with E-state index >= 15 is 0 Å². The summed E-state index contributed by atoms with van der Waals surface area (Å²) in [7, 11) is -1.48. The van der Waals surface area contributed by atoms with Gasteiger partial charge in [-0.15, -0.1) is 0 Å². The van der Waals surface area contributed by atoms with Gasteiger partial charge in [0.05, 0.1) is 52.2 Å². The van der Waals surface area contributed by atoms with Gasteiger partial charge in [0, 0.05) is 24.3 Å². The fourth-order valence-corrected chi connectivity index (χ4v) is 10.3. The number of fused-ring (bicyclic) bond motifs is 2. The van der Waals surface area contributed by atoms with Gasteiger partial charge >= 0.3 is 10.3 Å². The average molecular weight is 1060 g/mol. The summed E-state index contributed by atoms with van der Waals surface area (Å²) >= 11 is 0. The topological polar surface area (TPSA) is 287 Å². The molecule has 76 heavy (non-hydrogen) atoms. The molecule has 2 fully saturated rings. The molecular formula is C52H53N11O12S. The van der Waals surface area contributed by atoms with Crippen LogP contribution in [0.2, 0.25) is 0 Å². The molecule has 4 aromatic heterocycles. The molecule has 8 aromatic rings. The van der Waals surface area contributed by atoms with Crippen LogP contribution in [0, 0.1) is 5.92 Å². The number of aromatic nitrogens is 8. The van der Waals surface area contributed by atoms with E-state index in [-0.39, 0.29) is 53.8 Å². The number of carbonyl (C=O) groups is 2. The molecule has 0 aliphatic carbocycles. The fraction of sp³-hybridized carbons (Fsp3) is 0.308. The summed E-state index contributed by atoms with van der Waals surface area (Å²) in [4.78, 5) is 62.9. The predicted molar refractivity (Wildman–Crippen MR) is 274 cm³/mol. The molecule has 2 aliphatic rings. The Bertz CT molecular complexity index is 3480. The molecular weight excluding hydrogens is 1000 g/mol. The maximum absolute atomic E-state index is 14.2. The van der Waals surface area contributed by atoms with E-state index in [0.717, 1.165) is 16.7 Å². The van der Waals surface area contributed by atoms with E-state index in [1.54, 1.807) is 63.0 Å². The number of benzene rings is 4. The van der Waals surface area contributed by atoms with Gasteiger partial charge in [0.1, 0.15) is 41.9 Å². The summed E-state index contributed by atoms with van der Waals surface area (Å²) in [6.07, 6.45) is -1.24. The number of carbonyl (C=O) groups excluding carboxylic acids is 2. The number of hydrogen-bond donors (Lipinski definition) is 5. The molecule has 2 amide bonds. The largest absolute Gasteiger partial charge is 0.497 e. The first-order valence-corrected chi connectivity index (χ1v) is 25.6. The molecule has 0 bridgehead atoms. The van der Waals surface area contributed by atoms with Crippen molar-refractivity contribution in [3.63, 3.8) is 0 Å². The van der Waals surface area contributed by atoms with Crippen LogP contribution in [-0.4, -0.2) is 116 Å². The molecule has 4 aromatic carbocycles. The first-order valence-electron chi connectivity index (χ1n) is 24.2. The molecule has 1 unspecified atom stereocenters. The number of hydrogen-bond acceptors (Lipinski definition) is 17. The minimum absolute atomic E-state index is 0.0152. The number of rotatable bonds is 19. The summed E-state index contributed by atoms with van der Waals surface area (Å²) in [5.74, 6) is 0.0722. The molecule has 6 heterocycles. The second-order valence-corrected chi connectivity index (χ2v) is 19.7. The van der Waals surface area contributed by atoms with Gasteiger partial charge in [-0.1, -0.05) is 86.6 Å². The van der Waals surface area contributed by atoms with E-state index in [2.05, 4.69) is 45.3 Å². The van der Waals surface area contributed by atoms with E-state index < -0.39 is 76.7 Å². The number of amides is 2. The van der Waals surface area contributed by atoms with Crippen LogP contribution in [0.1, 0.15) is 66.2 Å². The zero-order valence-electron chi connectivity index (χ0n) is 41.5. The molecule has 0 spiro atoms. The molecule has 394 valence electrons. The lowest BCUT2D eigenvalue weighted by Gasteiger charge is -2.37. The predicted octanol–water partition coefficient (Wildman–Crippen LogP) is 4.99. The zero-order chi connectivity index (χ0) is 53.1. The summed E-state index contributed by atoms with van der Waals surface area (Å²) in [6, 6.07) is 32.1. The smallest absolute Gasteiger partial charge is 0.336 e. The van der Waals surface area contributed by atoms with Crippen LogP contribution in [0.15, 0.2) is 133 Å². The van der Waals surface area contributed by atoms with Crippen LogP contribution in [0.25, 0.3) is 22.3 Å². The summed E-state index contributed by atoms with van der Waals surface area (Å²) in [5, 5.41) is 16.6. The number of aliphatic hydroxyl groups is 1. The highest BCUT2D eigenvalue weighted by atomic mass is 32.2. The van der Waals surface area contributed by atoms with Crippen molar-refractivity contribution >= 4 is 56.2 Å². The van der Waals surface area contributed by atoms with Crippen LogP contribution in [0.3, 0.4) is 0 Å². The number of imidazole rings is 2. The summed E-state index contributed by atoms with van der Waals surface area (Å²) in [6.45, 7) is 2.64. The van der Waals surface area contributed by atoms with Crippen LogP contribution in [0.5, 0.6) is 11.5 Å². The SMILES string of the molecule is COc1ccc(C(OC[C@H]2OC(n3cnc4c(NC(=O)c5ccccc5)ncnc43)C[C@@H]2NS(=O)(=O)OC[C@@H]2C[C@@H](O)[C@H](n3cnc4c(=O)[nH]c(NC(=O)C(C)C)nc43)O2)(c2ccccc2)c2ccc(OC)cc2)cc1. The van der Waals surface area contributed by atoms with E-state index in [1.165, 1.54) is 23.5 Å². The molecule has 0 radical (unpaired) electrons. The zero-order valence-corrected chi connectivity index (χ0v) is 42.3. The van der Waals surface area contributed by atoms with Crippen molar-refractivity contribution in [2.45, 2.75) is 69.1 Å². The third kappa shape index (κ3) is 10.5. The Balaban J connectivity index is 0.937. The molecule has 10 rings (SSSR count). The Hall–Kier alpha value is -7.97.